The lowest BCUT2D eigenvalue weighted by atomic mass is 10.0. The first-order valence-corrected chi connectivity index (χ1v) is 7.85. The third kappa shape index (κ3) is 3.95. The van der Waals surface area contributed by atoms with Crippen molar-refractivity contribution in [1.29, 1.82) is 0 Å². The van der Waals surface area contributed by atoms with Gasteiger partial charge in [-0.3, -0.25) is 0 Å². The number of nitrogens with zero attached hydrogens (tertiary/aromatic N) is 1. The molecule has 0 spiro atoms. The minimum Gasteiger partial charge on any atom is -0.369 e. The maximum atomic E-state index is 14.3. The molecule has 2 rings (SSSR count). The molecule has 1 aromatic carbocycles. The van der Waals surface area contributed by atoms with Crippen LogP contribution in [0.15, 0.2) is 18.2 Å². The van der Waals surface area contributed by atoms with Gasteiger partial charge in [-0.1, -0.05) is 19.9 Å². The van der Waals surface area contributed by atoms with Gasteiger partial charge in [-0.15, -0.1) is 0 Å². The van der Waals surface area contributed by atoms with Gasteiger partial charge in [0.1, 0.15) is 5.82 Å². The van der Waals surface area contributed by atoms with E-state index in [0.29, 0.717) is 5.92 Å². The largest absolute Gasteiger partial charge is 0.369 e. The second kappa shape index (κ2) is 7.07. The standard InChI is InChI=1S/C17H27FN2/c1-13(2)12-19-14(3)15-7-8-17(16(18)11-15)20-9-5-4-6-10-20/h7-8,11,13-14,19H,4-6,9-10,12H2,1-3H3/t14-/m0/s1. The monoisotopic (exact) mass is 278 g/mol. The Bertz CT molecular complexity index is 425. The Kier molecular flexibility index (Phi) is 5.41. The van der Waals surface area contributed by atoms with Gasteiger partial charge in [-0.05, 0) is 56.3 Å². The molecule has 20 heavy (non-hydrogen) atoms. The van der Waals surface area contributed by atoms with Gasteiger partial charge in [-0.25, -0.2) is 4.39 Å². The van der Waals surface area contributed by atoms with Gasteiger partial charge in [0.2, 0.25) is 0 Å². The average molecular weight is 278 g/mol. The minimum atomic E-state index is -0.0809. The molecule has 0 aromatic heterocycles. The lowest BCUT2D eigenvalue weighted by molar-refractivity contribution is 0.493. The van der Waals surface area contributed by atoms with Gasteiger partial charge in [0, 0.05) is 19.1 Å². The van der Waals surface area contributed by atoms with Crippen LogP contribution >= 0.6 is 0 Å². The van der Waals surface area contributed by atoms with E-state index in [2.05, 4.69) is 37.1 Å². The van der Waals surface area contributed by atoms with Gasteiger partial charge >= 0.3 is 0 Å². The SMILES string of the molecule is CC(C)CN[C@@H](C)c1ccc(N2CCCCC2)c(F)c1. The number of halogens is 1. The number of piperidine rings is 1. The van der Waals surface area contributed by atoms with E-state index in [9.17, 15) is 4.39 Å². The van der Waals surface area contributed by atoms with Crippen LogP contribution in [0.1, 0.15) is 51.6 Å². The van der Waals surface area contributed by atoms with Crippen LogP contribution in [-0.4, -0.2) is 19.6 Å². The Balaban J connectivity index is 2.04. The zero-order valence-corrected chi connectivity index (χ0v) is 13.0. The molecule has 0 bridgehead atoms. The summed E-state index contributed by atoms with van der Waals surface area (Å²) >= 11 is 0. The number of nitrogens with one attached hydrogen (secondary N) is 1. The normalized spacial score (nSPS) is 17.6. The molecule has 1 aliphatic rings. The smallest absolute Gasteiger partial charge is 0.146 e. The first kappa shape index (κ1) is 15.3. The Morgan fingerprint density at radius 1 is 1.15 bits per heavy atom. The van der Waals surface area contributed by atoms with Crippen LogP contribution in [0.4, 0.5) is 10.1 Å². The summed E-state index contributed by atoms with van der Waals surface area (Å²) in [6, 6.07) is 5.90. The lowest BCUT2D eigenvalue weighted by Crippen LogP contribution is -2.30. The van der Waals surface area contributed by atoms with Gasteiger partial charge in [0.05, 0.1) is 5.69 Å². The molecule has 0 saturated carbocycles. The molecule has 0 unspecified atom stereocenters. The molecular weight excluding hydrogens is 251 g/mol. The number of hydrogen-bond acceptors (Lipinski definition) is 2. The van der Waals surface area contributed by atoms with Crippen molar-refractivity contribution < 1.29 is 4.39 Å². The fourth-order valence-electron chi connectivity index (χ4n) is 2.71. The highest BCUT2D eigenvalue weighted by atomic mass is 19.1. The third-order valence-electron chi connectivity index (χ3n) is 4.00. The number of hydrogen-bond donors (Lipinski definition) is 1. The van der Waals surface area contributed by atoms with E-state index in [1.54, 1.807) is 6.07 Å². The van der Waals surface area contributed by atoms with Crippen molar-refractivity contribution in [2.45, 2.75) is 46.1 Å². The lowest BCUT2D eigenvalue weighted by Gasteiger charge is -2.29. The fraction of sp³-hybridized carbons (Fsp3) is 0.647. The highest BCUT2D eigenvalue weighted by Gasteiger charge is 2.16. The second-order valence-corrected chi connectivity index (χ2v) is 6.28. The first-order chi connectivity index (χ1) is 9.58. The van der Waals surface area contributed by atoms with Crippen LogP contribution < -0.4 is 10.2 Å². The molecule has 0 amide bonds. The van der Waals surface area contributed by atoms with E-state index in [1.807, 2.05) is 6.07 Å². The second-order valence-electron chi connectivity index (χ2n) is 6.28. The molecule has 3 heteroatoms. The minimum absolute atomic E-state index is 0.0809. The van der Waals surface area contributed by atoms with Crippen LogP contribution in [0.5, 0.6) is 0 Å². The fourth-order valence-corrected chi connectivity index (χ4v) is 2.71. The predicted molar refractivity (Wildman–Crippen MR) is 83.7 cm³/mol. The van der Waals surface area contributed by atoms with Crippen LogP contribution in [-0.2, 0) is 0 Å². The highest BCUT2D eigenvalue weighted by Crippen LogP contribution is 2.26. The Morgan fingerprint density at radius 3 is 2.45 bits per heavy atom. The van der Waals surface area contributed by atoms with Crippen molar-refractivity contribution >= 4 is 5.69 Å². The Labute approximate surface area is 122 Å². The van der Waals surface area contributed by atoms with E-state index in [-0.39, 0.29) is 11.9 Å². The summed E-state index contributed by atoms with van der Waals surface area (Å²) in [5.41, 5.74) is 1.80. The van der Waals surface area contributed by atoms with Crippen molar-refractivity contribution in [1.82, 2.24) is 5.32 Å². The van der Waals surface area contributed by atoms with E-state index in [0.717, 1.165) is 30.9 Å². The summed E-state index contributed by atoms with van der Waals surface area (Å²) < 4.78 is 14.3. The topological polar surface area (TPSA) is 15.3 Å². The summed E-state index contributed by atoms with van der Waals surface area (Å²) in [7, 11) is 0. The molecular formula is C17H27FN2. The zero-order chi connectivity index (χ0) is 14.5. The molecule has 112 valence electrons. The van der Waals surface area contributed by atoms with E-state index < -0.39 is 0 Å². The van der Waals surface area contributed by atoms with E-state index in [1.165, 1.54) is 19.3 Å². The van der Waals surface area contributed by atoms with Gasteiger partial charge in [0.15, 0.2) is 0 Å². The summed E-state index contributed by atoms with van der Waals surface area (Å²) in [5, 5.41) is 3.44. The third-order valence-corrected chi connectivity index (χ3v) is 4.00. The molecule has 2 nitrogen and oxygen atoms in total. The maximum Gasteiger partial charge on any atom is 0.146 e. The summed E-state index contributed by atoms with van der Waals surface area (Å²) in [6.45, 7) is 9.38. The van der Waals surface area contributed by atoms with Crippen molar-refractivity contribution in [3.05, 3.63) is 29.6 Å². The molecule has 0 radical (unpaired) electrons. The first-order valence-electron chi connectivity index (χ1n) is 7.85. The summed E-state index contributed by atoms with van der Waals surface area (Å²) in [5.74, 6) is 0.525. The molecule has 1 aliphatic heterocycles. The Morgan fingerprint density at radius 2 is 1.85 bits per heavy atom. The Hall–Kier alpha value is -1.09. The molecule has 1 fully saturated rings. The molecule has 1 N–H and O–H groups in total. The number of anilines is 1. The summed E-state index contributed by atoms with van der Waals surface area (Å²) in [4.78, 5) is 2.18. The molecule has 1 saturated heterocycles. The van der Waals surface area contributed by atoms with Gasteiger partial charge < -0.3 is 10.2 Å². The van der Waals surface area contributed by atoms with Crippen molar-refractivity contribution in [3.63, 3.8) is 0 Å². The van der Waals surface area contributed by atoms with Crippen molar-refractivity contribution in [3.8, 4) is 0 Å². The maximum absolute atomic E-state index is 14.3. The molecule has 0 aliphatic carbocycles. The molecule has 1 heterocycles. The van der Waals surface area contributed by atoms with Crippen molar-refractivity contribution in [2.75, 3.05) is 24.5 Å². The predicted octanol–water partition coefficient (Wildman–Crippen LogP) is 4.12. The van der Waals surface area contributed by atoms with Crippen LogP contribution in [0.3, 0.4) is 0 Å². The quantitative estimate of drug-likeness (QED) is 0.871. The summed E-state index contributed by atoms with van der Waals surface area (Å²) in [6.07, 6.45) is 3.62. The van der Waals surface area contributed by atoms with Gasteiger partial charge in [-0.2, -0.15) is 0 Å². The number of benzene rings is 1. The van der Waals surface area contributed by atoms with E-state index in [4.69, 9.17) is 0 Å². The van der Waals surface area contributed by atoms with Crippen LogP contribution in [0, 0.1) is 11.7 Å². The molecule has 1 aromatic rings. The number of rotatable bonds is 5. The molecule has 1 atom stereocenters. The van der Waals surface area contributed by atoms with E-state index >= 15 is 0 Å². The van der Waals surface area contributed by atoms with Crippen molar-refractivity contribution in [2.24, 2.45) is 5.92 Å². The van der Waals surface area contributed by atoms with Crippen LogP contribution in [0.2, 0.25) is 0 Å². The highest BCUT2D eigenvalue weighted by molar-refractivity contribution is 5.49. The van der Waals surface area contributed by atoms with Gasteiger partial charge in [0.25, 0.3) is 0 Å². The zero-order valence-electron chi connectivity index (χ0n) is 13.0. The average Bonchev–Trinajstić information content (AvgIpc) is 2.45. The van der Waals surface area contributed by atoms with Crippen LogP contribution in [0.25, 0.3) is 0 Å².